The van der Waals surface area contributed by atoms with E-state index in [-0.39, 0.29) is 44.0 Å². The Morgan fingerprint density at radius 1 is 0.625 bits per heavy atom. The summed E-state index contributed by atoms with van der Waals surface area (Å²) in [5.74, 6) is 0. The Labute approximate surface area is 257 Å². The monoisotopic (exact) mass is 575 g/mol. The maximum atomic E-state index is 10.6. The van der Waals surface area contributed by atoms with Crippen LogP contribution in [0.5, 0.6) is 0 Å². The molecular weight excluding hydrogens is 492 g/mol. The highest BCUT2D eigenvalue weighted by molar-refractivity contribution is 5.33. The predicted molar refractivity (Wildman–Crippen MR) is 192 cm³/mol. The smallest absolute Gasteiger partial charge is 0.269 e. The fourth-order valence-corrected chi connectivity index (χ4v) is 3.45. The lowest BCUT2D eigenvalue weighted by Crippen LogP contribution is -2.51. The molecule has 2 rings (SSSR count). The number of hydrogen-bond acceptors (Lipinski definition) is 3. The van der Waals surface area contributed by atoms with Crippen LogP contribution >= 0.6 is 0 Å². The molecule has 0 aromatic heterocycles. The summed E-state index contributed by atoms with van der Waals surface area (Å²) in [6, 6.07) is 6.81. The molecule has 0 amide bonds. The summed E-state index contributed by atoms with van der Waals surface area (Å²) in [7, 11) is 0. The maximum absolute atomic E-state index is 10.6. The summed E-state index contributed by atoms with van der Waals surface area (Å²) in [5.41, 5.74) is 1.32. The van der Waals surface area contributed by atoms with Crippen LogP contribution in [0.2, 0.25) is 0 Å². The molecule has 0 bridgehead atoms. The molecule has 1 aliphatic rings. The summed E-state index contributed by atoms with van der Waals surface area (Å²) in [6.45, 7) is 34.4. The van der Waals surface area contributed by atoms with Crippen molar-refractivity contribution in [2.24, 2.45) is 0 Å². The van der Waals surface area contributed by atoms with Crippen molar-refractivity contribution in [3.8, 4) is 0 Å². The number of nitro benzene ring substituents is 1. The zero-order valence-electron chi connectivity index (χ0n) is 28.4. The average molecular weight is 575 g/mol. The molecule has 0 N–H and O–H groups in total. The van der Waals surface area contributed by atoms with Gasteiger partial charge >= 0.3 is 0 Å². The highest BCUT2D eigenvalue weighted by Gasteiger charge is 2.31. The minimum atomic E-state index is -0.366. The first-order chi connectivity index (χ1) is 17.3. The lowest BCUT2D eigenvalue weighted by Gasteiger charge is -2.45. The second-order valence-electron chi connectivity index (χ2n) is 10.4. The quantitative estimate of drug-likeness (QED) is 0.266. The Morgan fingerprint density at radius 2 is 0.850 bits per heavy atom. The van der Waals surface area contributed by atoms with Crippen LogP contribution in [0.3, 0.4) is 0 Å². The van der Waals surface area contributed by atoms with Crippen molar-refractivity contribution in [1.29, 1.82) is 0 Å². The highest BCUT2D eigenvalue weighted by atomic mass is 16.6. The third kappa shape index (κ3) is 38.7. The third-order valence-corrected chi connectivity index (χ3v) is 4.61. The predicted octanol–water partition coefficient (Wildman–Crippen LogP) is 14.2. The topological polar surface area (TPSA) is 46.4 Å². The molecule has 1 aromatic rings. The fourth-order valence-electron chi connectivity index (χ4n) is 3.45. The lowest BCUT2D eigenvalue weighted by atomic mass is 9.95. The normalized spacial score (nSPS) is 11.0. The number of rotatable bonds is 3. The van der Waals surface area contributed by atoms with Gasteiger partial charge in [0.15, 0.2) is 0 Å². The molecule has 1 saturated carbocycles. The van der Waals surface area contributed by atoms with Crippen LogP contribution in [0.15, 0.2) is 24.3 Å². The second-order valence-corrected chi connectivity index (χ2v) is 10.4. The Hall–Kier alpha value is -1.42. The number of non-ortho nitro benzene ring substituents is 1. The minimum absolute atomic E-state index is 0. The first-order valence-corrected chi connectivity index (χ1v) is 15.4. The Bertz CT molecular complexity index is 524. The second kappa shape index (κ2) is 39.7. The van der Waals surface area contributed by atoms with Gasteiger partial charge < -0.3 is 0 Å². The van der Waals surface area contributed by atoms with E-state index in [4.69, 9.17) is 0 Å². The zero-order chi connectivity index (χ0) is 30.5. The van der Waals surface area contributed by atoms with Gasteiger partial charge in [0.05, 0.1) is 4.92 Å². The van der Waals surface area contributed by atoms with E-state index in [1.54, 1.807) is 12.1 Å². The molecular formula is C36H82N2O2. The summed E-state index contributed by atoms with van der Waals surface area (Å²) in [6.07, 6.45) is 11.5. The number of nitro groups is 1. The molecule has 0 aliphatic heterocycles. The van der Waals surface area contributed by atoms with Crippen LogP contribution in [0.4, 0.5) is 5.69 Å². The van der Waals surface area contributed by atoms with Gasteiger partial charge in [-0.3, -0.25) is 15.0 Å². The van der Waals surface area contributed by atoms with Crippen LogP contribution in [0.25, 0.3) is 0 Å². The summed E-state index contributed by atoms with van der Waals surface area (Å²) >= 11 is 0. The summed E-state index contributed by atoms with van der Waals surface area (Å²) in [5, 5.41) is 10.6. The van der Waals surface area contributed by atoms with Crippen LogP contribution in [-0.2, 0) is 6.54 Å². The van der Waals surface area contributed by atoms with Crippen molar-refractivity contribution in [2.75, 3.05) is 0 Å². The van der Waals surface area contributed by atoms with Gasteiger partial charge in [-0.1, -0.05) is 155 Å². The van der Waals surface area contributed by atoms with Crippen molar-refractivity contribution in [3.05, 3.63) is 39.9 Å². The summed E-state index contributed by atoms with van der Waals surface area (Å²) in [4.78, 5) is 12.7. The Morgan fingerprint density at radius 3 is 1.02 bits per heavy atom. The van der Waals surface area contributed by atoms with Crippen LogP contribution in [0.1, 0.15) is 190 Å². The molecule has 0 heterocycles. The van der Waals surface area contributed by atoms with Gasteiger partial charge in [0, 0.05) is 29.8 Å². The molecule has 4 heteroatoms. The summed E-state index contributed by atoms with van der Waals surface area (Å²) < 4.78 is 0. The third-order valence-electron chi connectivity index (χ3n) is 4.61. The zero-order valence-corrected chi connectivity index (χ0v) is 28.4. The van der Waals surface area contributed by atoms with Crippen LogP contribution < -0.4 is 0 Å². The standard InChI is InChI=1S/C15H24N2O2.C6H12.2C3H8.3C2H6.3CH4/c1-14(2,3)16(15(4,5)6)11-12-7-9-13(10-8-12)17(18)19;1-2-4-6-5-3-1;2*1-3-2;3*1-2;;;/h7-10H,11H2,1-6H3;1-6H2;2*3H2,1-2H3;3*1-2H3;3*1H4. The molecule has 4 nitrogen and oxygen atoms in total. The van der Waals surface area contributed by atoms with Crippen molar-refractivity contribution >= 4 is 5.69 Å². The van der Waals surface area contributed by atoms with E-state index < -0.39 is 0 Å². The first-order valence-electron chi connectivity index (χ1n) is 15.4. The fraction of sp³-hybridized carbons (Fsp3) is 0.833. The molecule has 0 atom stereocenters. The van der Waals surface area contributed by atoms with Gasteiger partial charge in [0.2, 0.25) is 0 Å². The average Bonchev–Trinajstić information content (AvgIpc) is 2.87. The van der Waals surface area contributed by atoms with Crippen molar-refractivity contribution in [3.63, 3.8) is 0 Å². The molecule has 1 aliphatic carbocycles. The van der Waals surface area contributed by atoms with E-state index in [1.165, 1.54) is 51.4 Å². The van der Waals surface area contributed by atoms with Gasteiger partial charge in [-0.2, -0.15) is 0 Å². The molecule has 1 fully saturated rings. The molecule has 1 aromatic carbocycles. The van der Waals surface area contributed by atoms with Crippen LogP contribution in [-0.4, -0.2) is 20.9 Å². The van der Waals surface area contributed by atoms with Crippen LogP contribution in [0, 0.1) is 10.1 Å². The lowest BCUT2D eigenvalue weighted by molar-refractivity contribution is -0.384. The molecule has 0 radical (unpaired) electrons. The van der Waals surface area contributed by atoms with Crippen molar-refractivity contribution in [2.45, 2.75) is 202 Å². The molecule has 0 unspecified atom stereocenters. The van der Waals surface area contributed by atoms with Crippen molar-refractivity contribution in [1.82, 2.24) is 4.90 Å². The van der Waals surface area contributed by atoms with E-state index >= 15 is 0 Å². The molecule has 0 spiro atoms. The number of nitrogens with zero attached hydrogens (tertiary/aromatic N) is 2. The van der Waals surface area contributed by atoms with Gasteiger partial charge in [-0.05, 0) is 47.1 Å². The molecule has 0 saturated heterocycles. The van der Waals surface area contributed by atoms with E-state index in [0.717, 1.165) is 12.1 Å². The van der Waals surface area contributed by atoms with Gasteiger partial charge in [-0.25, -0.2) is 0 Å². The van der Waals surface area contributed by atoms with Crippen molar-refractivity contribution < 1.29 is 4.92 Å². The minimum Gasteiger partial charge on any atom is -0.289 e. The van der Waals surface area contributed by atoms with E-state index in [1.807, 2.05) is 53.7 Å². The van der Waals surface area contributed by atoms with Gasteiger partial charge in [-0.15, -0.1) is 0 Å². The number of benzene rings is 1. The molecule has 248 valence electrons. The maximum Gasteiger partial charge on any atom is 0.269 e. The van der Waals surface area contributed by atoms with E-state index in [0.29, 0.717) is 0 Å². The van der Waals surface area contributed by atoms with E-state index in [2.05, 4.69) is 74.1 Å². The highest BCUT2D eigenvalue weighted by Crippen LogP contribution is 2.27. The SMILES string of the molecule is C.C.C.C1CCCCC1.CC.CC.CC.CC(C)(C)N(Cc1ccc([N+](=O)[O-])cc1)C(C)(C)C.CCC.CCC. The van der Waals surface area contributed by atoms with Gasteiger partial charge in [0.1, 0.15) is 0 Å². The Balaban J connectivity index is -0.0000000676. The molecule has 40 heavy (non-hydrogen) atoms. The number of hydrogen-bond donors (Lipinski definition) is 0. The largest absolute Gasteiger partial charge is 0.289 e. The Kier molecular flexibility index (Phi) is 57.9. The first kappa shape index (κ1) is 58.3. The van der Waals surface area contributed by atoms with Gasteiger partial charge in [0.25, 0.3) is 5.69 Å². The van der Waals surface area contributed by atoms with E-state index in [9.17, 15) is 10.1 Å².